The van der Waals surface area contributed by atoms with Crippen LogP contribution in [0, 0.1) is 11.6 Å². The average Bonchev–Trinajstić information content (AvgIpc) is 3.30. The Morgan fingerprint density at radius 2 is 1.72 bits per heavy atom. The highest BCUT2D eigenvalue weighted by Crippen LogP contribution is 2.37. The highest BCUT2D eigenvalue weighted by molar-refractivity contribution is 7.11. The number of nitrogens with zero attached hydrogens (tertiary/aromatic N) is 2. The van der Waals surface area contributed by atoms with E-state index in [0.29, 0.717) is 37.2 Å². The Hall–Kier alpha value is -2.62. The van der Waals surface area contributed by atoms with Crippen molar-refractivity contribution in [1.29, 1.82) is 0 Å². The van der Waals surface area contributed by atoms with Gasteiger partial charge < -0.3 is 14.4 Å². The predicted octanol–water partition coefficient (Wildman–Crippen LogP) is 2.91. The highest BCUT2D eigenvalue weighted by atomic mass is 32.1. The molecule has 2 aromatic rings. The first-order valence-corrected chi connectivity index (χ1v) is 9.72. The number of carbonyl (C=O) groups excluding carboxylic acids is 2. The van der Waals surface area contributed by atoms with Crippen LogP contribution in [0.2, 0.25) is 0 Å². The molecule has 0 aliphatic carbocycles. The van der Waals surface area contributed by atoms with Crippen molar-refractivity contribution in [3.05, 3.63) is 57.9 Å². The highest BCUT2D eigenvalue weighted by Gasteiger charge is 2.43. The van der Waals surface area contributed by atoms with Crippen LogP contribution in [0.3, 0.4) is 0 Å². The van der Waals surface area contributed by atoms with E-state index in [9.17, 15) is 18.4 Å². The largest absolute Gasteiger partial charge is 0.383 e. The molecule has 0 bridgehead atoms. The SMILES string of the molecule is COCCN(CCOC)C1=C(c2cccs2)C(=O)N(c2ccc(F)cc2F)C1=O. The van der Waals surface area contributed by atoms with Gasteiger partial charge in [0, 0.05) is 38.3 Å². The van der Waals surface area contributed by atoms with Gasteiger partial charge in [-0.1, -0.05) is 6.07 Å². The number of rotatable bonds is 9. The number of carbonyl (C=O) groups is 2. The fourth-order valence-electron chi connectivity index (χ4n) is 3.07. The minimum Gasteiger partial charge on any atom is -0.383 e. The lowest BCUT2D eigenvalue weighted by molar-refractivity contribution is -0.120. The molecule has 154 valence electrons. The molecule has 29 heavy (non-hydrogen) atoms. The predicted molar refractivity (Wildman–Crippen MR) is 105 cm³/mol. The van der Waals surface area contributed by atoms with Gasteiger partial charge in [0.05, 0.1) is 24.5 Å². The third-order valence-electron chi connectivity index (χ3n) is 4.42. The molecule has 0 unspecified atom stereocenters. The van der Waals surface area contributed by atoms with Gasteiger partial charge in [0.25, 0.3) is 11.8 Å². The van der Waals surface area contributed by atoms with E-state index in [1.165, 1.54) is 25.6 Å². The van der Waals surface area contributed by atoms with Crippen LogP contribution in [0.5, 0.6) is 0 Å². The van der Waals surface area contributed by atoms with Crippen LogP contribution in [-0.2, 0) is 19.1 Å². The molecule has 1 aromatic carbocycles. The smallest absolute Gasteiger partial charge is 0.282 e. The number of halogens is 2. The van der Waals surface area contributed by atoms with Crippen molar-refractivity contribution in [3.8, 4) is 0 Å². The molecule has 1 aliphatic rings. The maximum absolute atomic E-state index is 14.4. The van der Waals surface area contributed by atoms with Crippen molar-refractivity contribution in [2.45, 2.75) is 0 Å². The second-order valence-corrected chi connectivity index (χ2v) is 7.16. The molecular weight excluding hydrogens is 402 g/mol. The monoisotopic (exact) mass is 422 g/mol. The lowest BCUT2D eigenvalue weighted by atomic mass is 10.1. The molecule has 0 radical (unpaired) electrons. The molecule has 1 aromatic heterocycles. The summed E-state index contributed by atoms with van der Waals surface area (Å²) in [6.07, 6.45) is 0. The number of ether oxygens (including phenoxy) is 2. The van der Waals surface area contributed by atoms with Crippen molar-refractivity contribution < 1.29 is 27.8 Å². The Morgan fingerprint density at radius 3 is 2.28 bits per heavy atom. The van der Waals surface area contributed by atoms with Crippen molar-refractivity contribution in [2.24, 2.45) is 0 Å². The average molecular weight is 422 g/mol. The molecule has 0 saturated heterocycles. The zero-order valence-corrected chi connectivity index (χ0v) is 16.8. The van der Waals surface area contributed by atoms with Gasteiger partial charge in [-0.25, -0.2) is 13.7 Å². The number of hydrogen-bond acceptors (Lipinski definition) is 6. The van der Waals surface area contributed by atoms with Crippen LogP contribution in [0.15, 0.2) is 41.4 Å². The summed E-state index contributed by atoms with van der Waals surface area (Å²) in [4.78, 5) is 29.6. The summed E-state index contributed by atoms with van der Waals surface area (Å²) < 4.78 is 38.0. The summed E-state index contributed by atoms with van der Waals surface area (Å²) in [6, 6.07) is 6.23. The van der Waals surface area contributed by atoms with E-state index in [1.807, 2.05) is 0 Å². The van der Waals surface area contributed by atoms with Gasteiger partial charge in [-0.15, -0.1) is 11.3 Å². The van der Waals surface area contributed by atoms with E-state index in [1.54, 1.807) is 22.4 Å². The molecule has 0 saturated carbocycles. The number of methoxy groups -OCH3 is 2. The second-order valence-electron chi connectivity index (χ2n) is 6.22. The van der Waals surface area contributed by atoms with Gasteiger partial charge >= 0.3 is 0 Å². The molecule has 2 amide bonds. The Kier molecular flexibility index (Phi) is 6.73. The second kappa shape index (κ2) is 9.25. The first kappa shape index (κ1) is 21.1. The summed E-state index contributed by atoms with van der Waals surface area (Å²) in [6.45, 7) is 1.31. The van der Waals surface area contributed by atoms with Crippen LogP contribution in [-0.4, -0.2) is 57.2 Å². The lowest BCUT2D eigenvalue weighted by Crippen LogP contribution is -2.38. The van der Waals surface area contributed by atoms with E-state index < -0.39 is 23.4 Å². The maximum Gasteiger partial charge on any atom is 0.282 e. The van der Waals surface area contributed by atoms with Crippen molar-refractivity contribution in [3.63, 3.8) is 0 Å². The van der Waals surface area contributed by atoms with Crippen LogP contribution in [0.25, 0.3) is 5.57 Å². The van der Waals surface area contributed by atoms with Gasteiger partial charge in [0.1, 0.15) is 17.3 Å². The van der Waals surface area contributed by atoms with Crippen LogP contribution < -0.4 is 4.90 Å². The van der Waals surface area contributed by atoms with E-state index >= 15 is 0 Å². The Morgan fingerprint density at radius 1 is 1.03 bits per heavy atom. The summed E-state index contributed by atoms with van der Waals surface area (Å²) >= 11 is 1.30. The van der Waals surface area contributed by atoms with E-state index in [2.05, 4.69) is 0 Å². The molecule has 9 heteroatoms. The number of anilines is 1. The Labute approximate surface area is 170 Å². The van der Waals surface area contributed by atoms with Crippen molar-refractivity contribution in [2.75, 3.05) is 45.4 Å². The standard InChI is InChI=1S/C20H20F2N2O4S/c1-27-9-7-23(8-10-28-2)18-17(16-4-3-11-29-16)19(25)24(20(18)26)15-6-5-13(21)12-14(15)22/h3-6,11-12H,7-10H2,1-2H3. The fraction of sp³-hybridized carbons (Fsp3) is 0.300. The fourth-order valence-corrected chi connectivity index (χ4v) is 3.84. The third-order valence-corrected chi connectivity index (χ3v) is 5.31. The van der Waals surface area contributed by atoms with Gasteiger partial charge in [-0.05, 0) is 23.6 Å². The number of thiophene rings is 1. The molecule has 1 aliphatic heterocycles. The number of hydrogen-bond donors (Lipinski definition) is 0. The minimum absolute atomic E-state index is 0.148. The quantitative estimate of drug-likeness (QED) is 0.582. The molecular formula is C20H20F2N2O4S. The van der Waals surface area contributed by atoms with E-state index in [0.717, 1.165) is 17.0 Å². The zero-order valence-electron chi connectivity index (χ0n) is 16.0. The maximum atomic E-state index is 14.4. The zero-order chi connectivity index (χ0) is 21.0. The summed E-state index contributed by atoms with van der Waals surface area (Å²) in [5, 5.41) is 1.79. The molecule has 3 rings (SSSR count). The summed E-state index contributed by atoms with van der Waals surface area (Å²) in [7, 11) is 3.07. The first-order chi connectivity index (χ1) is 14.0. The minimum atomic E-state index is -0.987. The van der Waals surface area contributed by atoms with Crippen LogP contribution >= 0.6 is 11.3 Å². The Balaban J connectivity index is 2.10. The third kappa shape index (κ3) is 4.21. The van der Waals surface area contributed by atoms with Crippen LogP contribution in [0.4, 0.5) is 14.5 Å². The van der Waals surface area contributed by atoms with Gasteiger partial charge in [0.2, 0.25) is 0 Å². The Bertz CT molecular complexity index is 923. The van der Waals surface area contributed by atoms with Gasteiger partial charge in [-0.3, -0.25) is 9.59 Å². The van der Waals surface area contributed by atoms with Gasteiger partial charge in [-0.2, -0.15) is 0 Å². The first-order valence-electron chi connectivity index (χ1n) is 8.84. The van der Waals surface area contributed by atoms with Gasteiger partial charge in [0.15, 0.2) is 0 Å². The molecule has 6 nitrogen and oxygen atoms in total. The molecule has 0 spiro atoms. The van der Waals surface area contributed by atoms with E-state index in [-0.39, 0.29) is 17.0 Å². The summed E-state index contributed by atoms with van der Waals surface area (Å²) in [5.41, 5.74) is 0.0418. The van der Waals surface area contributed by atoms with Crippen molar-refractivity contribution in [1.82, 2.24) is 4.90 Å². The van der Waals surface area contributed by atoms with Crippen LogP contribution in [0.1, 0.15) is 4.88 Å². The number of imide groups is 1. The molecule has 2 heterocycles. The number of benzene rings is 1. The van der Waals surface area contributed by atoms with E-state index in [4.69, 9.17) is 9.47 Å². The number of amides is 2. The molecule has 0 fully saturated rings. The summed E-state index contributed by atoms with van der Waals surface area (Å²) in [5.74, 6) is -3.11. The topological polar surface area (TPSA) is 59.1 Å². The lowest BCUT2D eigenvalue weighted by Gasteiger charge is -2.25. The van der Waals surface area contributed by atoms with Crippen molar-refractivity contribution >= 4 is 34.4 Å². The molecule has 0 N–H and O–H groups in total. The normalized spacial score (nSPS) is 14.3. The molecule has 0 atom stereocenters.